The van der Waals surface area contributed by atoms with E-state index in [9.17, 15) is 8.42 Å². The molecule has 2 aliphatic rings. The van der Waals surface area contributed by atoms with Gasteiger partial charge in [0.15, 0.2) is 5.03 Å². The maximum Gasteiger partial charge on any atom is 0.258 e. The second-order valence-electron chi connectivity index (χ2n) is 5.55. The van der Waals surface area contributed by atoms with E-state index < -0.39 is 10.0 Å². The molecule has 0 aromatic carbocycles. The molecule has 1 heterocycles. The Labute approximate surface area is 107 Å². The molecular formula is C11H18N4O2S. The van der Waals surface area contributed by atoms with Gasteiger partial charge in [-0.15, -0.1) is 0 Å². The van der Waals surface area contributed by atoms with Crippen LogP contribution in [0.25, 0.3) is 0 Å². The van der Waals surface area contributed by atoms with E-state index >= 15 is 0 Å². The zero-order valence-corrected chi connectivity index (χ0v) is 11.2. The Morgan fingerprint density at radius 1 is 1.50 bits per heavy atom. The van der Waals surface area contributed by atoms with E-state index in [0.29, 0.717) is 18.2 Å². The van der Waals surface area contributed by atoms with Crippen molar-refractivity contribution in [3.8, 4) is 0 Å². The lowest BCUT2D eigenvalue weighted by Crippen LogP contribution is -2.35. The van der Waals surface area contributed by atoms with Crippen LogP contribution in [-0.2, 0) is 16.6 Å². The first-order valence-electron chi connectivity index (χ1n) is 6.28. The fraction of sp³-hybridized carbons (Fsp3) is 0.727. The Morgan fingerprint density at radius 2 is 2.22 bits per heavy atom. The molecule has 1 aromatic heterocycles. The summed E-state index contributed by atoms with van der Waals surface area (Å²) in [5.41, 5.74) is 0.448. The molecule has 0 spiro atoms. The summed E-state index contributed by atoms with van der Waals surface area (Å²) in [7, 11) is -3.48. The van der Waals surface area contributed by atoms with Crippen LogP contribution in [0.15, 0.2) is 11.2 Å². The van der Waals surface area contributed by atoms with Gasteiger partial charge in [0.1, 0.15) is 0 Å². The van der Waals surface area contributed by atoms with Crippen molar-refractivity contribution in [2.45, 2.75) is 55.8 Å². The summed E-state index contributed by atoms with van der Waals surface area (Å²) in [4.78, 5) is 0. The lowest BCUT2D eigenvalue weighted by Gasteiger charge is -2.12. The lowest BCUT2D eigenvalue weighted by molar-refractivity contribution is 0.551. The highest BCUT2D eigenvalue weighted by Gasteiger charge is 2.42. The van der Waals surface area contributed by atoms with Crippen LogP contribution in [0, 0.1) is 0 Å². The Balaban J connectivity index is 1.75. The van der Waals surface area contributed by atoms with Crippen LogP contribution in [0.3, 0.4) is 0 Å². The largest absolute Gasteiger partial charge is 0.310 e. The van der Waals surface area contributed by atoms with E-state index in [1.807, 2.05) is 6.92 Å². The zero-order valence-electron chi connectivity index (χ0n) is 10.4. The van der Waals surface area contributed by atoms with E-state index in [1.165, 1.54) is 12.8 Å². The van der Waals surface area contributed by atoms with Gasteiger partial charge < -0.3 is 5.32 Å². The molecule has 0 bridgehead atoms. The summed E-state index contributed by atoms with van der Waals surface area (Å²) in [5, 5.41) is 9.95. The average molecular weight is 270 g/mol. The van der Waals surface area contributed by atoms with Gasteiger partial charge in [-0.05, 0) is 32.6 Å². The molecule has 100 valence electrons. The summed E-state index contributed by atoms with van der Waals surface area (Å²) in [6.45, 7) is 2.47. The number of hydrogen-bond acceptors (Lipinski definition) is 4. The van der Waals surface area contributed by atoms with Gasteiger partial charge in [0.05, 0.1) is 6.20 Å². The van der Waals surface area contributed by atoms with Gasteiger partial charge >= 0.3 is 0 Å². The molecule has 0 saturated heterocycles. The summed E-state index contributed by atoms with van der Waals surface area (Å²) >= 11 is 0. The van der Waals surface area contributed by atoms with Crippen molar-refractivity contribution in [3.05, 3.63) is 11.8 Å². The van der Waals surface area contributed by atoms with Gasteiger partial charge in [0.2, 0.25) is 0 Å². The van der Waals surface area contributed by atoms with Crippen molar-refractivity contribution >= 4 is 10.0 Å². The van der Waals surface area contributed by atoms with E-state index in [1.54, 1.807) is 6.20 Å². The molecule has 2 saturated carbocycles. The molecule has 0 atom stereocenters. The van der Waals surface area contributed by atoms with E-state index in [-0.39, 0.29) is 10.6 Å². The molecule has 0 amide bonds. The monoisotopic (exact) mass is 270 g/mol. The number of hydrogen-bond donors (Lipinski definition) is 3. The minimum Gasteiger partial charge on any atom is -0.310 e. The molecule has 1 aromatic rings. The van der Waals surface area contributed by atoms with Crippen LogP contribution < -0.4 is 10.0 Å². The van der Waals surface area contributed by atoms with Crippen LogP contribution in [0.5, 0.6) is 0 Å². The van der Waals surface area contributed by atoms with Gasteiger partial charge in [0, 0.05) is 23.7 Å². The first-order valence-corrected chi connectivity index (χ1v) is 7.76. The number of sulfonamides is 1. The molecule has 0 unspecified atom stereocenters. The average Bonchev–Trinajstić information content (AvgIpc) is 3.18. The fourth-order valence-corrected chi connectivity index (χ4v) is 3.46. The summed E-state index contributed by atoms with van der Waals surface area (Å²) in [6, 6.07) is 0.546. The molecular weight excluding hydrogens is 252 g/mol. The normalized spacial score (nSPS) is 22.1. The Hall–Kier alpha value is -0.920. The molecule has 3 N–H and O–H groups in total. The Kier molecular flexibility index (Phi) is 2.72. The predicted octanol–water partition coefficient (Wildman–Crippen LogP) is 0.492. The van der Waals surface area contributed by atoms with Gasteiger partial charge in [-0.2, -0.15) is 5.10 Å². The van der Waals surface area contributed by atoms with Crippen LogP contribution in [0.4, 0.5) is 0 Å². The quantitative estimate of drug-likeness (QED) is 0.702. The minimum absolute atomic E-state index is 0.198. The van der Waals surface area contributed by atoms with E-state index in [0.717, 1.165) is 12.8 Å². The fourth-order valence-electron chi connectivity index (χ4n) is 1.86. The lowest BCUT2D eigenvalue weighted by atomic mass is 10.3. The van der Waals surface area contributed by atoms with Crippen molar-refractivity contribution in [2.75, 3.05) is 0 Å². The highest BCUT2D eigenvalue weighted by Crippen LogP contribution is 2.36. The smallest absolute Gasteiger partial charge is 0.258 e. The topological polar surface area (TPSA) is 86.9 Å². The standard InChI is InChI=1S/C11H18N4O2S/c1-11(4-5-11)15-18(16,17)10-8(7-13-14-10)6-12-9-2-3-9/h7,9,12,15H,2-6H2,1H3,(H,13,14). The molecule has 2 aliphatic carbocycles. The van der Waals surface area contributed by atoms with Crippen molar-refractivity contribution in [1.82, 2.24) is 20.2 Å². The molecule has 7 heteroatoms. The van der Waals surface area contributed by atoms with Crippen molar-refractivity contribution < 1.29 is 8.42 Å². The summed E-state index contributed by atoms with van der Waals surface area (Å²) in [5.74, 6) is 0. The SMILES string of the molecule is CC1(NS(=O)(=O)c2[nH]ncc2CNC2CC2)CC1. The summed E-state index contributed by atoms with van der Waals surface area (Å²) < 4.78 is 27.2. The number of aromatic nitrogens is 2. The highest BCUT2D eigenvalue weighted by atomic mass is 32.2. The molecule has 3 rings (SSSR count). The maximum absolute atomic E-state index is 12.2. The predicted molar refractivity (Wildman–Crippen MR) is 66.4 cm³/mol. The molecule has 0 radical (unpaired) electrons. The van der Waals surface area contributed by atoms with Gasteiger partial charge in [-0.1, -0.05) is 0 Å². The molecule has 6 nitrogen and oxygen atoms in total. The Morgan fingerprint density at radius 3 is 2.83 bits per heavy atom. The van der Waals surface area contributed by atoms with Gasteiger partial charge in [-0.3, -0.25) is 5.10 Å². The summed E-state index contributed by atoms with van der Waals surface area (Å²) in [6.07, 6.45) is 5.73. The first-order chi connectivity index (χ1) is 8.49. The first kappa shape index (κ1) is 12.1. The van der Waals surface area contributed by atoms with Crippen LogP contribution in [0.1, 0.15) is 38.2 Å². The maximum atomic E-state index is 12.2. The highest BCUT2D eigenvalue weighted by molar-refractivity contribution is 7.89. The molecule has 0 aliphatic heterocycles. The third-order valence-electron chi connectivity index (χ3n) is 3.49. The van der Waals surface area contributed by atoms with E-state index in [2.05, 4.69) is 20.2 Å². The van der Waals surface area contributed by atoms with Gasteiger partial charge in [-0.25, -0.2) is 13.1 Å². The number of H-pyrrole nitrogens is 1. The number of nitrogens with zero attached hydrogens (tertiary/aromatic N) is 1. The second-order valence-corrected chi connectivity index (χ2v) is 7.16. The van der Waals surface area contributed by atoms with Crippen molar-refractivity contribution in [2.24, 2.45) is 0 Å². The number of rotatable bonds is 6. The molecule has 2 fully saturated rings. The Bertz CT molecular complexity index is 543. The number of aromatic amines is 1. The zero-order chi connectivity index (χ0) is 12.8. The third kappa shape index (κ3) is 2.57. The van der Waals surface area contributed by atoms with Crippen molar-refractivity contribution in [1.29, 1.82) is 0 Å². The van der Waals surface area contributed by atoms with Crippen LogP contribution in [-0.4, -0.2) is 30.2 Å². The molecule has 18 heavy (non-hydrogen) atoms. The van der Waals surface area contributed by atoms with Crippen LogP contribution in [0.2, 0.25) is 0 Å². The van der Waals surface area contributed by atoms with Gasteiger partial charge in [0.25, 0.3) is 10.0 Å². The number of nitrogens with one attached hydrogen (secondary N) is 3. The van der Waals surface area contributed by atoms with Crippen LogP contribution >= 0.6 is 0 Å². The van der Waals surface area contributed by atoms with Crippen molar-refractivity contribution in [3.63, 3.8) is 0 Å². The second kappa shape index (κ2) is 4.04. The minimum atomic E-state index is -3.48. The third-order valence-corrected chi connectivity index (χ3v) is 5.14. The van der Waals surface area contributed by atoms with E-state index in [4.69, 9.17) is 0 Å².